The number of aromatic nitrogens is 2. The molecule has 3 heterocycles. The highest BCUT2D eigenvalue weighted by Crippen LogP contribution is 2.19. The van der Waals surface area contributed by atoms with Crippen molar-refractivity contribution in [3.63, 3.8) is 0 Å². The molecule has 10 nitrogen and oxygen atoms in total. The third-order valence-electron chi connectivity index (χ3n) is 4.49. The third-order valence-corrected chi connectivity index (χ3v) is 4.49. The van der Waals surface area contributed by atoms with Crippen LogP contribution in [0.1, 0.15) is 25.0 Å². The summed E-state index contributed by atoms with van der Waals surface area (Å²) in [6.45, 7) is 0.416. The van der Waals surface area contributed by atoms with Crippen molar-refractivity contribution in [3.05, 3.63) is 18.2 Å². The van der Waals surface area contributed by atoms with E-state index in [4.69, 9.17) is 5.73 Å². The first-order valence-electron chi connectivity index (χ1n) is 8.13. The molecule has 10 heteroatoms. The molecular formula is C15H20N6O4. The highest BCUT2D eigenvalue weighted by Gasteiger charge is 2.39. The molecule has 4 amide bonds. The van der Waals surface area contributed by atoms with Gasteiger partial charge in [-0.3, -0.25) is 19.2 Å². The molecule has 2 aliphatic rings. The lowest BCUT2D eigenvalue weighted by molar-refractivity contribution is -0.142. The van der Waals surface area contributed by atoms with Crippen LogP contribution < -0.4 is 16.4 Å². The zero-order valence-electron chi connectivity index (χ0n) is 13.5. The molecule has 134 valence electrons. The molecule has 5 N–H and O–H groups in total. The Balaban J connectivity index is 1.73. The van der Waals surface area contributed by atoms with Crippen molar-refractivity contribution in [3.8, 4) is 0 Å². The molecule has 0 spiro atoms. The number of likely N-dealkylation sites (tertiary alicyclic amines) is 1. The van der Waals surface area contributed by atoms with Gasteiger partial charge in [0.05, 0.1) is 18.4 Å². The van der Waals surface area contributed by atoms with Crippen LogP contribution in [0.2, 0.25) is 0 Å². The molecule has 2 fully saturated rings. The quantitative estimate of drug-likeness (QED) is 0.430. The van der Waals surface area contributed by atoms with Crippen molar-refractivity contribution in [2.75, 3.05) is 6.54 Å². The standard InChI is InChI=1S/C15H20N6O4/c16-13(23)11-2-1-3-21(11)15(25)10(4-8-6-17-7-18-8)20-14(24)9-5-12(22)19-9/h6-7,9-11H,1-5H2,(H2,16,23)(H,17,18)(H,19,22)(H,20,24)/t9?,10-,11-/m0/s1. The smallest absolute Gasteiger partial charge is 0.246 e. The van der Waals surface area contributed by atoms with Crippen molar-refractivity contribution in [2.45, 2.75) is 43.8 Å². The minimum absolute atomic E-state index is 0.1000. The summed E-state index contributed by atoms with van der Waals surface area (Å²) in [7, 11) is 0. The van der Waals surface area contributed by atoms with E-state index in [1.54, 1.807) is 6.20 Å². The Morgan fingerprint density at radius 2 is 2.20 bits per heavy atom. The second kappa shape index (κ2) is 6.91. The van der Waals surface area contributed by atoms with Crippen molar-refractivity contribution in [1.82, 2.24) is 25.5 Å². The number of imidazole rings is 1. The largest absolute Gasteiger partial charge is 0.368 e. The van der Waals surface area contributed by atoms with Gasteiger partial charge in [0, 0.05) is 19.2 Å². The molecule has 2 saturated heterocycles. The van der Waals surface area contributed by atoms with E-state index in [9.17, 15) is 19.2 Å². The molecule has 1 aromatic heterocycles. The van der Waals surface area contributed by atoms with Gasteiger partial charge in [-0.2, -0.15) is 0 Å². The number of hydrogen-bond donors (Lipinski definition) is 4. The van der Waals surface area contributed by atoms with E-state index in [0.717, 1.165) is 0 Å². The van der Waals surface area contributed by atoms with Crippen molar-refractivity contribution in [1.29, 1.82) is 0 Å². The van der Waals surface area contributed by atoms with E-state index < -0.39 is 29.9 Å². The number of H-pyrrole nitrogens is 1. The second-order valence-corrected chi connectivity index (χ2v) is 6.24. The van der Waals surface area contributed by atoms with Gasteiger partial charge in [0.15, 0.2) is 0 Å². The number of nitrogens with zero attached hydrogens (tertiary/aromatic N) is 2. The number of rotatable bonds is 6. The predicted molar refractivity (Wildman–Crippen MR) is 84.7 cm³/mol. The molecule has 0 bridgehead atoms. The summed E-state index contributed by atoms with van der Waals surface area (Å²) in [6.07, 6.45) is 4.59. The van der Waals surface area contributed by atoms with Gasteiger partial charge in [0.25, 0.3) is 0 Å². The maximum absolute atomic E-state index is 12.9. The highest BCUT2D eigenvalue weighted by atomic mass is 16.2. The molecular weight excluding hydrogens is 328 g/mol. The van der Waals surface area contributed by atoms with Gasteiger partial charge in [-0.1, -0.05) is 0 Å². The van der Waals surface area contributed by atoms with Crippen molar-refractivity contribution >= 4 is 23.6 Å². The minimum atomic E-state index is -0.881. The third kappa shape index (κ3) is 3.62. The van der Waals surface area contributed by atoms with E-state index in [-0.39, 0.29) is 24.7 Å². The Kier molecular flexibility index (Phi) is 4.68. The molecule has 0 aliphatic carbocycles. The molecule has 1 unspecified atom stereocenters. The van der Waals surface area contributed by atoms with E-state index in [1.807, 2.05) is 0 Å². The lowest BCUT2D eigenvalue weighted by Gasteiger charge is -2.30. The number of amides is 4. The van der Waals surface area contributed by atoms with Gasteiger partial charge < -0.3 is 26.3 Å². The average molecular weight is 348 g/mol. The molecule has 1 aromatic rings. The topological polar surface area (TPSA) is 150 Å². The van der Waals surface area contributed by atoms with Gasteiger partial charge in [-0.25, -0.2) is 4.98 Å². The summed E-state index contributed by atoms with van der Waals surface area (Å²) in [4.78, 5) is 56.0. The maximum Gasteiger partial charge on any atom is 0.246 e. The fourth-order valence-electron chi connectivity index (χ4n) is 3.13. The first-order valence-corrected chi connectivity index (χ1v) is 8.13. The van der Waals surface area contributed by atoms with E-state index in [0.29, 0.717) is 25.1 Å². The average Bonchev–Trinajstić information content (AvgIpc) is 3.21. The van der Waals surface area contributed by atoms with Crippen LogP contribution in [0.5, 0.6) is 0 Å². The fourth-order valence-corrected chi connectivity index (χ4v) is 3.13. The zero-order chi connectivity index (χ0) is 18.0. The number of carbonyl (C=O) groups is 4. The highest BCUT2D eigenvalue weighted by molar-refractivity contribution is 5.99. The van der Waals surface area contributed by atoms with E-state index in [1.165, 1.54) is 11.2 Å². The molecule has 0 aromatic carbocycles. The van der Waals surface area contributed by atoms with Crippen LogP contribution in [0.3, 0.4) is 0 Å². The molecule has 0 saturated carbocycles. The second-order valence-electron chi connectivity index (χ2n) is 6.24. The zero-order valence-corrected chi connectivity index (χ0v) is 13.5. The molecule has 3 rings (SSSR count). The van der Waals surface area contributed by atoms with Crippen LogP contribution in [0.4, 0.5) is 0 Å². The lowest BCUT2D eigenvalue weighted by Crippen LogP contribution is -2.61. The minimum Gasteiger partial charge on any atom is -0.368 e. The van der Waals surface area contributed by atoms with Gasteiger partial charge in [0.2, 0.25) is 23.6 Å². The summed E-state index contributed by atoms with van der Waals surface area (Å²) < 4.78 is 0. The summed E-state index contributed by atoms with van der Waals surface area (Å²) in [5.74, 6) is -1.56. The number of β-lactam (4-membered cyclic amide) rings is 1. The Morgan fingerprint density at radius 3 is 2.80 bits per heavy atom. The maximum atomic E-state index is 12.9. The molecule has 2 aliphatic heterocycles. The molecule has 25 heavy (non-hydrogen) atoms. The van der Waals surface area contributed by atoms with Crippen LogP contribution in [-0.2, 0) is 25.6 Å². The van der Waals surface area contributed by atoms with Crippen LogP contribution in [0, 0.1) is 0 Å². The number of nitrogens with one attached hydrogen (secondary N) is 3. The fraction of sp³-hybridized carbons (Fsp3) is 0.533. The van der Waals surface area contributed by atoms with Crippen LogP contribution in [0.15, 0.2) is 12.5 Å². The number of aromatic amines is 1. The summed E-state index contributed by atoms with van der Waals surface area (Å²) >= 11 is 0. The van der Waals surface area contributed by atoms with Crippen LogP contribution >= 0.6 is 0 Å². The van der Waals surface area contributed by atoms with Gasteiger partial charge in [-0.15, -0.1) is 0 Å². The molecule has 0 radical (unpaired) electrons. The monoisotopic (exact) mass is 348 g/mol. The van der Waals surface area contributed by atoms with Crippen LogP contribution in [-0.4, -0.2) is 63.2 Å². The van der Waals surface area contributed by atoms with E-state index in [2.05, 4.69) is 20.6 Å². The Hall–Kier alpha value is -2.91. The number of nitrogens with two attached hydrogens (primary N) is 1. The number of carbonyl (C=O) groups excluding carboxylic acids is 4. The SMILES string of the molecule is NC(=O)[C@@H]1CCCN1C(=O)[C@H](Cc1c[nH]cn1)NC(=O)C1CC(=O)N1. The Morgan fingerprint density at radius 1 is 1.44 bits per heavy atom. The Bertz CT molecular complexity index is 680. The normalized spacial score (nSPS) is 23.5. The van der Waals surface area contributed by atoms with Gasteiger partial charge >= 0.3 is 0 Å². The summed E-state index contributed by atoms with van der Waals surface area (Å²) in [6, 6.07) is -2.17. The lowest BCUT2D eigenvalue weighted by atomic mass is 10.0. The first-order chi connectivity index (χ1) is 12.0. The van der Waals surface area contributed by atoms with E-state index >= 15 is 0 Å². The van der Waals surface area contributed by atoms with Crippen molar-refractivity contribution < 1.29 is 19.2 Å². The van der Waals surface area contributed by atoms with Crippen molar-refractivity contribution in [2.24, 2.45) is 5.73 Å². The summed E-state index contributed by atoms with van der Waals surface area (Å²) in [5, 5.41) is 5.13. The predicted octanol–water partition coefficient (Wildman–Crippen LogP) is -2.20. The van der Waals surface area contributed by atoms with Gasteiger partial charge in [0.1, 0.15) is 18.1 Å². The van der Waals surface area contributed by atoms with Crippen LogP contribution in [0.25, 0.3) is 0 Å². The number of hydrogen-bond acceptors (Lipinski definition) is 5. The van der Waals surface area contributed by atoms with Gasteiger partial charge in [-0.05, 0) is 12.8 Å². The Labute approximate surface area is 143 Å². The number of primary amides is 1. The molecule has 3 atom stereocenters. The first kappa shape index (κ1) is 16.9. The summed E-state index contributed by atoms with van der Waals surface area (Å²) in [5.41, 5.74) is 5.98.